The summed E-state index contributed by atoms with van der Waals surface area (Å²) >= 11 is 0. The first kappa shape index (κ1) is 19.9. The minimum atomic E-state index is -0.292. The smallest absolute Gasteiger partial charge is 0.210 e. The van der Waals surface area contributed by atoms with E-state index in [1.807, 2.05) is 6.07 Å². The van der Waals surface area contributed by atoms with Gasteiger partial charge in [-0.05, 0) is 18.2 Å². The molecule has 1 aliphatic heterocycles. The van der Waals surface area contributed by atoms with Gasteiger partial charge in [0, 0.05) is 41.4 Å². The van der Waals surface area contributed by atoms with Gasteiger partial charge in [-0.2, -0.15) is 5.26 Å². The fourth-order valence-corrected chi connectivity index (χ4v) is 4.27. The molecule has 0 fully saturated rings. The van der Waals surface area contributed by atoms with E-state index in [0.29, 0.717) is 58.4 Å². The molecule has 11 heteroatoms. The van der Waals surface area contributed by atoms with E-state index in [4.69, 9.17) is 9.47 Å². The Kier molecular flexibility index (Phi) is 4.51. The second-order valence-corrected chi connectivity index (χ2v) is 7.72. The van der Waals surface area contributed by atoms with Crippen LogP contribution < -0.4 is 14.8 Å². The summed E-state index contributed by atoms with van der Waals surface area (Å²) in [5.41, 5.74) is 4.22. The van der Waals surface area contributed by atoms with Crippen molar-refractivity contribution in [3.05, 3.63) is 65.8 Å². The molecule has 0 amide bonds. The van der Waals surface area contributed by atoms with E-state index in [-0.39, 0.29) is 12.4 Å². The molecule has 0 radical (unpaired) electrons. The fourth-order valence-electron chi connectivity index (χ4n) is 4.27. The second-order valence-electron chi connectivity index (χ2n) is 7.72. The molecule has 1 N–H and O–H groups in total. The summed E-state index contributed by atoms with van der Waals surface area (Å²) < 4.78 is 28.9. The minimum absolute atomic E-state index is 0.229. The van der Waals surface area contributed by atoms with Crippen LogP contribution in [0.4, 0.5) is 10.3 Å². The lowest BCUT2D eigenvalue weighted by Crippen LogP contribution is -2.10. The summed E-state index contributed by atoms with van der Waals surface area (Å²) in [4.78, 5) is 8.96. The number of ether oxygens (including phenoxy) is 2. The maximum Gasteiger partial charge on any atom is 0.210 e. The number of nitriles is 1. The van der Waals surface area contributed by atoms with Crippen molar-refractivity contribution >= 4 is 17.2 Å². The summed E-state index contributed by atoms with van der Waals surface area (Å²) in [6.45, 7) is 0.776. The van der Waals surface area contributed by atoms with Crippen LogP contribution in [0.3, 0.4) is 0 Å². The van der Waals surface area contributed by atoms with Gasteiger partial charge in [-0.15, -0.1) is 10.2 Å². The first-order chi connectivity index (χ1) is 16.7. The molecule has 1 aliphatic rings. The summed E-state index contributed by atoms with van der Waals surface area (Å²) in [5.74, 6) is 1.43. The van der Waals surface area contributed by atoms with Gasteiger partial charge in [0.25, 0.3) is 0 Å². The molecule has 5 aromatic rings. The highest BCUT2D eigenvalue weighted by Gasteiger charge is 2.21. The highest BCUT2D eigenvalue weighted by atomic mass is 19.1. The van der Waals surface area contributed by atoms with Gasteiger partial charge >= 0.3 is 0 Å². The van der Waals surface area contributed by atoms with Crippen LogP contribution in [0.25, 0.3) is 22.4 Å². The number of hydrogen-bond acceptors (Lipinski definition) is 8. The average Bonchev–Trinajstić information content (AvgIpc) is 3.62. The molecule has 34 heavy (non-hydrogen) atoms. The summed E-state index contributed by atoms with van der Waals surface area (Å²) in [6, 6.07) is 7.01. The van der Waals surface area contributed by atoms with E-state index < -0.39 is 0 Å². The van der Waals surface area contributed by atoms with Gasteiger partial charge in [-0.25, -0.2) is 14.4 Å². The van der Waals surface area contributed by atoms with Gasteiger partial charge < -0.3 is 14.8 Å². The first-order valence-corrected chi connectivity index (χ1v) is 10.5. The van der Waals surface area contributed by atoms with Crippen LogP contribution in [0.15, 0.2) is 43.1 Å². The van der Waals surface area contributed by atoms with Crippen LogP contribution in [-0.4, -0.2) is 42.7 Å². The average molecular weight is 456 g/mol. The van der Waals surface area contributed by atoms with E-state index in [2.05, 4.69) is 31.6 Å². The van der Waals surface area contributed by atoms with Crippen LogP contribution in [-0.2, 0) is 13.0 Å². The standard InChI is InChI=1S/C23H17FN8O2/c1-33-14-6-16(21-26-8-13(7-25)31(21)11-14)18-10-28-23(32-12-29-30-22(18)32)27-9-17-15-4-5-34-20(15)3-2-19(17)24/h2-3,6,8,10-12H,4-5,9H2,1H3,(H,27,28). The van der Waals surface area contributed by atoms with Crippen LogP contribution in [0.1, 0.15) is 16.8 Å². The molecule has 0 bridgehead atoms. The zero-order chi connectivity index (χ0) is 23.2. The third-order valence-electron chi connectivity index (χ3n) is 5.92. The van der Waals surface area contributed by atoms with E-state index >= 15 is 0 Å². The number of benzene rings is 1. The number of imidazole rings is 1. The van der Waals surface area contributed by atoms with Crippen molar-refractivity contribution < 1.29 is 13.9 Å². The monoisotopic (exact) mass is 456 g/mol. The summed E-state index contributed by atoms with van der Waals surface area (Å²) in [5, 5.41) is 20.9. The number of nitrogens with zero attached hydrogens (tertiary/aromatic N) is 7. The fraction of sp³-hybridized carbons (Fsp3) is 0.174. The molecular weight excluding hydrogens is 439 g/mol. The molecule has 0 unspecified atom stereocenters. The van der Waals surface area contributed by atoms with Gasteiger partial charge in [0.1, 0.15) is 41.1 Å². The Morgan fingerprint density at radius 2 is 2.12 bits per heavy atom. The van der Waals surface area contributed by atoms with Crippen molar-refractivity contribution in [2.24, 2.45) is 0 Å². The Morgan fingerprint density at radius 3 is 2.97 bits per heavy atom. The van der Waals surface area contributed by atoms with E-state index in [1.165, 1.54) is 18.6 Å². The van der Waals surface area contributed by atoms with Crippen molar-refractivity contribution in [1.82, 2.24) is 29.0 Å². The largest absolute Gasteiger partial charge is 0.495 e. The highest BCUT2D eigenvalue weighted by Crippen LogP contribution is 2.33. The van der Waals surface area contributed by atoms with Crippen LogP contribution in [0.5, 0.6) is 11.5 Å². The molecule has 10 nitrogen and oxygen atoms in total. The van der Waals surface area contributed by atoms with Crippen LogP contribution in [0.2, 0.25) is 0 Å². The minimum Gasteiger partial charge on any atom is -0.495 e. The summed E-state index contributed by atoms with van der Waals surface area (Å²) in [6.07, 6.45) is 7.05. The Morgan fingerprint density at radius 1 is 1.21 bits per heavy atom. The number of halogens is 1. The lowest BCUT2D eigenvalue weighted by molar-refractivity contribution is 0.356. The molecule has 5 heterocycles. The Labute approximate surface area is 192 Å². The Hall–Kier alpha value is -4.72. The molecule has 0 saturated heterocycles. The maximum absolute atomic E-state index is 14.5. The molecule has 0 saturated carbocycles. The normalized spacial score (nSPS) is 12.5. The van der Waals surface area contributed by atoms with Gasteiger partial charge in [0.15, 0.2) is 5.65 Å². The van der Waals surface area contributed by atoms with E-state index in [1.54, 1.807) is 34.4 Å². The van der Waals surface area contributed by atoms with Crippen molar-refractivity contribution in [2.45, 2.75) is 13.0 Å². The third-order valence-corrected chi connectivity index (χ3v) is 5.92. The Bertz CT molecular complexity index is 1620. The van der Waals surface area contributed by atoms with Crippen LogP contribution in [0, 0.1) is 17.1 Å². The quantitative estimate of drug-likeness (QED) is 0.429. The molecule has 4 aromatic heterocycles. The lowest BCUT2D eigenvalue weighted by Gasteiger charge is -2.13. The van der Waals surface area contributed by atoms with Crippen molar-refractivity contribution in [2.75, 3.05) is 19.0 Å². The van der Waals surface area contributed by atoms with E-state index in [9.17, 15) is 9.65 Å². The van der Waals surface area contributed by atoms with Crippen molar-refractivity contribution in [3.63, 3.8) is 0 Å². The predicted molar refractivity (Wildman–Crippen MR) is 119 cm³/mol. The number of fused-ring (bicyclic) bond motifs is 3. The number of rotatable bonds is 5. The first-order valence-electron chi connectivity index (χ1n) is 10.5. The number of aromatic nitrogens is 6. The zero-order valence-electron chi connectivity index (χ0n) is 18.0. The molecular formula is C23H17FN8O2. The second kappa shape index (κ2) is 7.70. The SMILES string of the molecule is COc1cc(-c2cnc(NCc3c(F)ccc4c3CCO4)n3cnnc23)c2ncc(C#N)n2c1. The van der Waals surface area contributed by atoms with Crippen molar-refractivity contribution in [3.8, 4) is 28.7 Å². The number of nitrogens with one attached hydrogen (secondary N) is 1. The summed E-state index contributed by atoms with van der Waals surface area (Å²) in [7, 11) is 1.55. The van der Waals surface area contributed by atoms with Crippen molar-refractivity contribution in [1.29, 1.82) is 5.26 Å². The molecule has 168 valence electrons. The number of pyridine rings is 1. The maximum atomic E-state index is 14.5. The molecule has 0 aliphatic carbocycles. The molecule has 6 rings (SSSR count). The van der Waals surface area contributed by atoms with Gasteiger partial charge in [0.05, 0.1) is 26.1 Å². The number of methoxy groups -OCH3 is 1. The van der Waals surface area contributed by atoms with Gasteiger partial charge in [-0.1, -0.05) is 0 Å². The van der Waals surface area contributed by atoms with E-state index in [0.717, 1.165) is 11.3 Å². The topological polar surface area (TPSA) is 115 Å². The third kappa shape index (κ3) is 3.00. The van der Waals surface area contributed by atoms with Crippen LogP contribution >= 0.6 is 0 Å². The molecule has 0 atom stereocenters. The lowest BCUT2D eigenvalue weighted by atomic mass is 10.0. The highest BCUT2D eigenvalue weighted by molar-refractivity contribution is 5.87. The molecule has 0 spiro atoms. The van der Waals surface area contributed by atoms with Gasteiger partial charge in [0.2, 0.25) is 5.95 Å². The zero-order valence-corrected chi connectivity index (χ0v) is 18.0. The molecule has 1 aromatic carbocycles. The number of anilines is 1. The predicted octanol–water partition coefficient (Wildman–Crippen LogP) is 3.01. The van der Waals surface area contributed by atoms with Gasteiger partial charge in [-0.3, -0.25) is 8.80 Å². The number of hydrogen-bond donors (Lipinski definition) is 1. The Balaban J connectivity index is 1.42.